The predicted octanol–water partition coefficient (Wildman–Crippen LogP) is 9.19. The molecule has 0 saturated heterocycles. The minimum atomic E-state index is -1.32. The summed E-state index contributed by atoms with van der Waals surface area (Å²) in [6.07, 6.45) is 23.7. The van der Waals surface area contributed by atoms with Gasteiger partial charge < -0.3 is 0 Å². The molecule has 0 spiro atoms. The smallest absolute Gasteiger partial charge is 0.150 e. The standard InChI is InChI=1S/C22H49ClPSi/c1-6-9-18-24(19-10-7-2,20-11-8-3)21-16-14-12-13-15-17-22-25(4,5)23/h6-22H2,1-5H3/q+1. The average Bonchev–Trinajstić information content (AvgIpc) is 2.57. The van der Waals surface area contributed by atoms with E-state index in [1.165, 1.54) is 83.1 Å². The Bertz CT molecular complexity index is 266. The highest BCUT2D eigenvalue weighted by molar-refractivity contribution is 7.75. The van der Waals surface area contributed by atoms with Gasteiger partial charge in [0.05, 0.1) is 24.6 Å². The van der Waals surface area contributed by atoms with Gasteiger partial charge in [0.2, 0.25) is 0 Å². The Balaban J connectivity index is 4.13. The first kappa shape index (κ1) is 25.9. The molecule has 0 heterocycles. The van der Waals surface area contributed by atoms with Crippen molar-refractivity contribution < 1.29 is 0 Å². The molecule has 152 valence electrons. The topological polar surface area (TPSA) is 0 Å². The third kappa shape index (κ3) is 15.7. The van der Waals surface area contributed by atoms with Crippen LogP contribution in [0.4, 0.5) is 0 Å². The van der Waals surface area contributed by atoms with Crippen molar-refractivity contribution >= 4 is 25.7 Å². The summed E-state index contributed by atoms with van der Waals surface area (Å²) in [4.78, 5) is 0. The van der Waals surface area contributed by atoms with Gasteiger partial charge in [-0.25, -0.2) is 0 Å². The lowest BCUT2D eigenvalue weighted by Crippen LogP contribution is -2.14. The van der Waals surface area contributed by atoms with Crippen molar-refractivity contribution in [3.63, 3.8) is 0 Å². The van der Waals surface area contributed by atoms with Crippen molar-refractivity contribution in [1.82, 2.24) is 0 Å². The van der Waals surface area contributed by atoms with Crippen LogP contribution in [0.5, 0.6) is 0 Å². The zero-order valence-electron chi connectivity index (χ0n) is 18.3. The molecule has 0 radical (unpaired) electrons. The first-order chi connectivity index (χ1) is 11.9. The quantitative estimate of drug-likeness (QED) is 0.0918. The van der Waals surface area contributed by atoms with Crippen LogP contribution in [-0.2, 0) is 0 Å². The Labute approximate surface area is 167 Å². The van der Waals surface area contributed by atoms with E-state index < -0.39 is 14.6 Å². The molecule has 25 heavy (non-hydrogen) atoms. The molecule has 0 saturated carbocycles. The van der Waals surface area contributed by atoms with E-state index in [9.17, 15) is 0 Å². The third-order valence-electron chi connectivity index (χ3n) is 5.61. The van der Waals surface area contributed by atoms with Gasteiger partial charge in [0.25, 0.3) is 0 Å². The molecule has 0 amide bonds. The van der Waals surface area contributed by atoms with Crippen LogP contribution in [0.3, 0.4) is 0 Å². The molecule has 0 N–H and O–H groups in total. The van der Waals surface area contributed by atoms with Crippen LogP contribution in [0, 0.1) is 0 Å². The Morgan fingerprint density at radius 3 is 1.32 bits per heavy atom. The van der Waals surface area contributed by atoms with Gasteiger partial charge in [0.15, 0.2) is 0 Å². The normalized spacial score (nSPS) is 12.7. The van der Waals surface area contributed by atoms with Gasteiger partial charge in [-0.3, -0.25) is 0 Å². The van der Waals surface area contributed by atoms with Crippen LogP contribution in [0.25, 0.3) is 0 Å². The van der Waals surface area contributed by atoms with Crippen LogP contribution >= 0.6 is 18.3 Å². The second kappa shape index (κ2) is 15.9. The molecule has 0 bridgehead atoms. The Hall–Kier alpha value is 0.937. The predicted molar refractivity (Wildman–Crippen MR) is 127 cm³/mol. The Morgan fingerprint density at radius 1 is 0.560 bits per heavy atom. The average molecular weight is 408 g/mol. The maximum Gasteiger partial charge on any atom is 0.150 e. The lowest BCUT2D eigenvalue weighted by atomic mass is 10.1. The summed E-state index contributed by atoms with van der Waals surface area (Å²) in [6, 6.07) is 1.30. The summed E-state index contributed by atoms with van der Waals surface area (Å²) >= 11 is 6.41. The highest BCUT2D eigenvalue weighted by Gasteiger charge is 2.34. The number of unbranched alkanes of at least 4 members (excludes halogenated alkanes) is 8. The molecule has 0 fully saturated rings. The van der Waals surface area contributed by atoms with Gasteiger partial charge in [-0.05, 0) is 38.1 Å². The molecular formula is C22H49ClPSi+. The number of halogens is 1. The zero-order chi connectivity index (χ0) is 19.0. The fourth-order valence-electron chi connectivity index (χ4n) is 3.85. The highest BCUT2D eigenvalue weighted by atomic mass is 35.6. The van der Waals surface area contributed by atoms with E-state index in [1.54, 1.807) is 24.6 Å². The largest absolute Gasteiger partial charge is 0.168 e. The Morgan fingerprint density at radius 2 is 0.920 bits per heavy atom. The molecule has 0 rings (SSSR count). The van der Waals surface area contributed by atoms with E-state index in [-0.39, 0.29) is 0 Å². The molecule has 0 atom stereocenters. The maximum absolute atomic E-state index is 6.41. The van der Waals surface area contributed by atoms with E-state index in [0.717, 1.165) is 0 Å². The van der Waals surface area contributed by atoms with Gasteiger partial charge in [0.1, 0.15) is 7.38 Å². The first-order valence-corrected chi connectivity index (χ1v) is 18.2. The van der Waals surface area contributed by atoms with Gasteiger partial charge in [-0.2, -0.15) is 11.1 Å². The lowest BCUT2D eigenvalue weighted by molar-refractivity contribution is 0.623. The molecule has 0 aliphatic heterocycles. The van der Waals surface area contributed by atoms with Crippen LogP contribution in [0.2, 0.25) is 19.1 Å². The van der Waals surface area contributed by atoms with E-state index in [4.69, 9.17) is 11.1 Å². The maximum atomic E-state index is 6.41. The fourth-order valence-corrected chi connectivity index (χ4v) is 10.5. The van der Waals surface area contributed by atoms with Crippen LogP contribution in [-0.4, -0.2) is 32.0 Å². The first-order valence-electron chi connectivity index (χ1n) is 11.4. The van der Waals surface area contributed by atoms with Crippen molar-refractivity contribution in [2.24, 2.45) is 0 Å². The number of hydrogen-bond acceptors (Lipinski definition) is 0. The van der Waals surface area contributed by atoms with Crippen molar-refractivity contribution in [3.05, 3.63) is 0 Å². The second-order valence-electron chi connectivity index (χ2n) is 8.89. The van der Waals surface area contributed by atoms with Crippen LogP contribution in [0.1, 0.15) is 97.8 Å². The summed E-state index contributed by atoms with van der Waals surface area (Å²) in [5.74, 6) is 0. The molecule has 0 aromatic heterocycles. The molecule has 0 aliphatic carbocycles. The molecule has 0 nitrogen and oxygen atoms in total. The van der Waals surface area contributed by atoms with E-state index in [0.29, 0.717) is 0 Å². The lowest BCUT2D eigenvalue weighted by Gasteiger charge is -2.28. The summed E-state index contributed by atoms with van der Waals surface area (Å²) in [7, 11) is -1.96. The summed E-state index contributed by atoms with van der Waals surface area (Å²) in [5, 5.41) is 0. The van der Waals surface area contributed by atoms with Crippen molar-refractivity contribution in [2.75, 3.05) is 24.6 Å². The van der Waals surface area contributed by atoms with E-state index in [1.807, 2.05) is 0 Å². The molecule has 0 aromatic rings. The number of rotatable bonds is 18. The van der Waals surface area contributed by atoms with Gasteiger partial charge in [0, 0.05) is 7.26 Å². The minimum Gasteiger partial charge on any atom is -0.168 e. The molecular weight excluding hydrogens is 359 g/mol. The zero-order valence-corrected chi connectivity index (χ0v) is 21.0. The minimum absolute atomic E-state index is 0.641. The molecule has 3 heteroatoms. The van der Waals surface area contributed by atoms with Gasteiger partial charge in [-0.15, -0.1) is 0 Å². The highest BCUT2D eigenvalue weighted by Crippen LogP contribution is 2.61. The Kier molecular flexibility index (Phi) is 16.5. The van der Waals surface area contributed by atoms with Crippen LogP contribution < -0.4 is 0 Å². The van der Waals surface area contributed by atoms with Gasteiger partial charge >= 0.3 is 0 Å². The van der Waals surface area contributed by atoms with E-state index >= 15 is 0 Å². The second-order valence-corrected chi connectivity index (χ2v) is 20.4. The summed E-state index contributed by atoms with van der Waals surface area (Å²) < 4.78 is 0. The SMILES string of the molecule is CCCC[P+](CCCC)(CCCC)CCCCCCCC[Si](C)(C)Cl. The monoisotopic (exact) mass is 407 g/mol. The third-order valence-corrected chi connectivity index (χ3v) is 12.8. The van der Waals surface area contributed by atoms with Crippen LogP contribution in [0.15, 0.2) is 0 Å². The van der Waals surface area contributed by atoms with Gasteiger partial charge in [-0.1, -0.05) is 78.8 Å². The summed E-state index contributed by atoms with van der Waals surface area (Å²) in [5.41, 5.74) is 0. The fraction of sp³-hybridized carbons (Fsp3) is 1.00. The molecule has 0 aliphatic rings. The summed E-state index contributed by atoms with van der Waals surface area (Å²) in [6.45, 7) is 11.7. The van der Waals surface area contributed by atoms with Crippen molar-refractivity contribution in [2.45, 2.75) is 117 Å². The van der Waals surface area contributed by atoms with E-state index in [2.05, 4.69) is 33.9 Å². The van der Waals surface area contributed by atoms with Crippen molar-refractivity contribution in [3.8, 4) is 0 Å². The molecule has 0 aromatic carbocycles. The number of hydrogen-bond donors (Lipinski definition) is 0. The van der Waals surface area contributed by atoms with Crippen molar-refractivity contribution in [1.29, 1.82) is 0 Å². The molecule has 0 unspecified atom stereocenters.